The molecule has 0 radical (unpaired) electrons. The van der Waals surface area contributed by atoms with Crippen molar-refractivity contribution in [3.63, 3.8) is 0 Å². The third-order valence-electron chi connectivity index (χ3n) is 5.51. The zero-order chi connectivity index (χ0) is 24.2. The summed E-state index contributed by atoms with van der Waals surface area (Å²) in [5, 5.41) is 13.8. The van der Waals surface area contributed by atoms with Gasteiger partial charge in [0, 0.05) is 30.5 Å². The molecular formula is C25H33N3O4S. The maximum Gasteiger partial charge on any atom is 0.269 e. The van der Waals surface area contributed by atoms with Gasteiger partial charge in [0.2, 0.25) is 11.8 Å². The molecule has 0 aliphatic carbocycles. The molecule has 2 atom stereocenters. The van der Waals surface area contributed by atoms with Crippen molar-refractivity contribution in [3.8, 4) is 0 Å². The second-order valence-electron chi connectivity index (χ2n) is 7.98. The van der Waals surface area contributed by atoms with E-state index < -0.39 is 11.0 Å². The molecule has 1 N–H and O–H groups in total. The van der Waals surface area contributed by atoms with E-state index in [9.17, 15) is 19.7 Å². The Kier molecular flexibility index (Phi) is 10.9. The van der Waals surface area contributed by atoms with E-state index in [2.05, 4.69) is 5.32 Å². The number of hydrogen-bond acceptors (Lipinski definition) is 5. The van der Waals surface area contributed by atoms with E-state index >= 15 is 0 Å². The summed E-state index contributed by atoms with van der Waals surface area (Å²) < 4.78 is 0. The summed E-state index contributed by atoms with van der Waals surface area (Å²) in [5.41, 5.74) is 2.08. The highest BCUT2D eigenvalue weighted by molar-refractivity contribution is 7.99. The second-order valence-corrected chi connectivity index (χ2v) is 8.97. The van der Waals surface area contributed by atoms with E-state index in [0.717, 1.165) is 17.5 Å². The van der Waals surface area contributed by atoms with Crippen LogP contribution in [-0.4, -0.2) is 46.0 Å². The van der Waals surface area contributed by atoms with Crippen molar-refractivity contribution in [2.75, 3.05) is 12.3 Å². The van der Waals surface area contributed by atoms with Crippen LogP contribution in [0.3, 0.4) is 0 Å². The number of nitro groups is 1. The van der Waals surface area contributed by atoms with Crippen molar-refractivity contribution in [2.24, 2.45) is 0 Å². The predicted octanol–water partition coefficient (Wildman–Crippen LogP) is 4.59. The fourth-order valence-electron chi connectivity index (χ4n) is 3.39. The predicted molar refractivity (Wildman–Crippen MR) is 133 cm³/mol. The second kappa shape index (κ2) is 13.6. The molecule has 0 fully saturated rings. The number of hydrogen-bond donors (Lipinski definition) is 1. The fourth-order valence-corrected chi connectivity index (χ4v) is 4.26. The van der Waals surface area contributed by atoms with Crippen LogP contribution in [0.15, 0.2) is 54.6 Å². The molecule has 0 unspecified atom stereocenters. The van der Waals surface area contributed by atoms with Crippen LogP contribution in [0, 0.1) is 10.1 Å². The van der Waals surface area contributed by atoms with Crippen LogP contribution in [0.4, 0.5) is 5.69 Å². The maximum atomic E-state index is 13.2. The van der Waals surface area contributed by atoms with Gasteiger partial charge in [-0.1, -0.05) is 56.3 Å². The summed E-state index contributed by atoms with van der Waals surface area (Å²) in [6.45, 7) is 6.36. The first-order valence-corrected chi connectivity index (χ1v) is 12.5. The molecule has 0 heterocycles. The van der Waals surface area contributed by atoms with Crippen molar-refractivity contribution >= 4 is 29.3 Å². The van der Waals surface area contributed by atoms with Gasteiger partial charge >= 0.3 is 0 Å². The summed E-state index contributed by atoms with van der Waals surface area (Å²) in [4.78, 5) is 38.2. The van der Waals surface area contributed by atoms with Gasteiger partial charge in [-0.15, -0.1) is 11.8 Å². The summed E-state index contributed by atoms with van der Waals surface area (Å²) in [5.74, 6) is 0.600. The number of nitrogens with one attached hydrogen (secondary N) is 1. The minimum atomic E-state index is -0.518. The number of nitro benzene ring substituents is 1. The summed E-state index contributed by atoms with van der Waals surface area (Å²) >= 11 is 1.44. The number of benzene rings is 2. The molecule has 2 amide bonds. The zero-order valence-corrected chi connectivity index (χ0v) is 20.3. The van der Waals surface area contributed by atoms with Gasteiger partial charge in [-0.3, -0.25) is 19.7 Å². The summed E-state index contributed by atoms with van der Waals surface area (Å²) in [6, 6.07) is 15.8. The Balaban J connectivity index is 2.05. The standard InChI is InChI=1S/C25H33N3O4S/c1-4-19(3)26-25(30)23(5-2)27(16-15-20-9-7-6-8-10-20)24(29)18-33-17-21-11-13-22(14-12-21)28(31)32/h6-14,19,23H,4-5,15-18H2,1-3H3,(H,26,30)/t19-,23-/m0/s1. The molecule has 7 nitrogen and oxygen atoms in total. The van der Waals surface area contributed by atoms with Gasteiger partial charge in [-0.05, 0) is 37.3 Å². The largest absolute Gasteiger partial charge is 0.352 e. The van der Waals surface area contributed by atoms with E-state index in [0.29, 0.717) is 25.1 Å². The van der Waals surface area contributed by atoms with Gasteiger partial charge < -0.3 is 10.2 Å². The molecule has 2 aromatic rings. The minimum Gasteiger partial charge on any atom is -0.352 e. The number of carbonyl (C=O) groups is 2. The quantitative estimate of drug-likeness (QED) is 0.341. The van der Waals surface area contributed by atoms with E-state index in [4.69, 9.17) is 0 Å². The van der Waals surface area contributed by atoms with Crippen LogP contribution in [-0.2, 0) is 21.8 Å². The van der Waals surface area contributed by atoms with E-state index in [1.807, 2.05) is 51.1 Å². The molecular weight excluding hydrogens is 438 g/mol. The molecule has 0 aliphatic rings. The molecule has 0 saturated heterocycles. The molecule has 0 aromatic heterocycles. The van der Waals surface area contributed by atoms with Gasteiger partial charge in [0.15, 0.2) is 0 Å². The Morgan fingerprint density at radius 1 is 1.03 bits per heavy atom. The van der Waals surface area contributed by atoms with Gasteiger partial charge in [-0.2, -0.15) is 0 Å². The number of carbonyl (C=O) groups excluding carboxylic acids is 2. The Morgan fingerprint density at radius 2 is 1.70 bits per heavy atom. The number of amides is 2. The molecule has 0 saturated carbocycles. The highest BCUT2D eigenvalue weighted by Gasteiger charge is 2.28. The molecule has 33 heavy (non-hydrogen) atoms. The number of thioether (sulfide) groups is 1. The van der Waals surface area contributed by atoms with Crippen molar-refractivity contribution in [1.29, 1.82) is 0 Å². The zero-order valence-electron chi connectivity index (χ0n) is 19.5. The van der Waals surface area contributed by atoms with Crippen LogP contribution >= 0.6 is 11.8 Å². The van der Waals surface area contributed by atoms with Gasteiger partial charge in [0.05, 0.1) is 10.7 Å². The minimum absolute atomic E-state index is 0.0463. The normalized spacial score (nSPS) is 12.6. The van der Waals surface area contributed by atoms with Crippen LogP contribution < -0.4 is 5.32 Å². The van der Waals surface area contributed by atoms with Crippen molar-refractivity contribution in [2.45, 2.75) is 57.9 Å². The lowest BCUT2D eigenvalue weighted by molar-refractivity contribution is -0.384. The smallest absolute Gasteiger partial charge is 0.269 e. The van der Waals surface area contributed by atoms with Crippen LogP contribution in [0.2, 0.25) is 0 Å². The first kappa shape index (κ1) is 26.4. The van der Waals surface area contributed by atoms with Crippen molar-refractivity contribution in [3.05, 3.63) is 75.8 Å². The number of nitrogens with zero attached hydrogens (tertiary/aromatic N) is 2. The lowest BCUT2D eigenvalue weighted by atomic mass is 10.1. The van der Waals surface area contributed by atoms with Crippen LogP contribution in [0.5, 0.6) is 0 Å². The fraction of sp³-hybridized carbons (Fsp3) is 0.440. The van der Waals surface area contributed by atoms with Crippen LogP contribution in [0.25, 0.3) is 0 Å². The number of rotatable bonds is 13. The van der Waals surface area contributed by atoms with E-state index in [1.165, 1.54) is 23.9 Å². The van der Waals surface area contributed by atoms with E-state index in [1.54, 1.807) is 17.0 Å². The van der Waals surface area contributed by atoms with Gasteiger partial charge in [-0.25, -0.2) is 0 Å². The van der Waals surface area contributed by atoms with E-state index in [-0.39, 0.29) is 29.3 Å². The Bertz CT molecular complexity index is 906. The molecule has 0 aliphatic heterocycles. The average Bonchev–Trinajstić information content (AvgIpc) is 2.82. The molecule has 0 spiro atoms. The molecule has 178 valence electrons. The Labute approximate surface area is 200 Å². The molecule has 2 rings (SSSR count). The summed E-state index contributed by atoms with van der Waals surface area (Å²) in [6.07, 6.45) is 2.04. The monoisotopic (exact) mass is 471 g/mol. The lowest BCUT2D eigenvalue weighted by Gasteiger charge is -2.31. The molecule has 0 bridgehead atoms. The maximum absolute atomic E-state index is 13.2. The third kappa shape index (κ3) is 8.53. The van der Waals surface area contributed by atoms with Gasteiger partial charge in [0.25, 0.3) is 5.69 Å². The van der Waals surface area contributed by atoms with Crippen molar-refractivity contribution < 1.29 is 14.5 Å². The first-order valence-electron chi connectivity index (χ1n) is 11.3. The Hall–Kier alpha value is -2.87. The lowest BCUT2D eigenvalue weighted by Crippen LogP contribution is -2.52. The van der Waals surface area contributed by atoms with Gasteiger partial charge in [0.1, 0.15) is 6.04 Å². The first-order chi connectivity index (χ1) is 15.8. The highest BCUT2D eigenvalue weighted by atomic mass is 32.2. The topological polar surface area (TPSA) is 92.6 Å². The summed E-state index contributed by atoms with van der Waals surface area (Å²) in [7, 11) is 0. The SMILES string of the molecule is CC[C@H](C)NC(=O)[C@H](CC)N(CCc1ccccc1)C(=O)CSCc1ccc([N+](=O)[O-])cc1. The number of non-ortho nitro benzene ring substituents is 1. The highest BCUT2D eigenvalue weighted by Crippen LogP contribution is 2.18. The molecule has 2 aromatic carbocycles. The Morgan fingerprint density at radius 3 is 2.27 bits per heavy atom. The third-order valence-corrected chi connectivity index (χ3v) is 6.50. The van der Waals surface area contributed by atoms with Crippen molar-refractivity contribution in [1.82, 2.24) is 10.2 Å². The average molecular weight is 472 g/mol. The molecule has 8 heteroatoms. The van der Waals surface area contributed by atoms with Crippen LogP contribution in [0.1, 0.15) is 44.7 Å².